The van der Waals surface area contributed by atoms with Crippen LogP contribution in [0.1, 0.15) is 36.5 Å². The molecule has 0 bridgehead atoms. The quantitative estimate of drug-likeness (QED) is 0.701. The fourth-order valence-corrected chi connectivity index (χ4v) is 2.29. The molecule has 2 aromatic heterocycles. The summed E-state index contributed by atoms with van der Waals surface area (Å²) < 4.78 is 15.3. The van der Waals surface area contributed by atoms with Crippen LogP contribution in [0, 0.1) is 5.92 Å². The van der Waals surface area contributed by atoms with E-state index in [1.165, 1.54) is 25.6 Å². The minimum absolute atomic E-state index is 0.0463. The van der Waals surface area contributed by atoms with E-state index in [9.17, 15) is 9.59 Å². The summed E-state index contributed by atoms with van der Waals surface area (Å²) in [6, 6.07) is 2.29. The zero-order valence-corrected chi connectivity index (χ0v) is 15.4. The maximum atomic E-state index is 12.3. The van der Waals surface area contributed by atoms with Crippen LogP contribution in [0.25, 0.3) is 0 Å². The predicted octanol–water partition coefficient (Wildman–Crippen LogP) is 2.62. The first-order chi connectivity index (χ1) is 12.4. The molecule has 0 unspecified atom stereocenters. The Kier molecular flexibility index (Phi) is 6.97. The summed E-state index contributed by atoms with van der Waals surface area (Å²) in [6.07, 6.45) is 3.69. The smallest absolute Gasteiger partial charge is 0.328 e. The van der Waals surface area contributed by atoms with E-state index in [0.717, 1.165) is 0 Å². The number of carbonyl (C=O) groups excluding carboxylic acids is 2. The van der Waals surface area contributed by atoms with Crippen molar-refractivity contribution in [3.63, 3.8) is 0 Å². The van der Waals surface area contributed by atoms with Crippen molar-refractivity contribution in [2.45, 2.75) is 32.9 Å². The molecule has 2 aromatic rings. The molecule has 0 aliphatic heterocycles. The van der Waals surface area contributed by atoms with E-state index in [-0.39, 0.29) is 18.2 Å². The van der Waals surface area contributed by atoms with Gasteiger partial charge < -0.3 is 19.3 Å². The second kappa shape index (κ2) is 9.19. The van der Waals surface area contributed by atoms with E-state index in [1.54, 1.807) is 6.07 Å². The molecule has 1 N–H and O–H groups in total. The normalized spacial score (nSPS) is 12.9. The molecule has 2 atom stereocenters. The van der Waals surface area contributed by atoms with E-state index in [0.29, 0.717) is 23.0 Å². The second-order valence-electron chi connectivity index (χ2n) is 5.67. The number of amides is 1. The number of hydrogen-bond donors (Lipinski definition) is 1. The van der Waals surface area contributed by atoms with Gasteiger partial charge in [0, 0.05) is 18.3 Å². The van der Waals surface area contributed by atoms with E-state index >= 15 is 0 Å². The van der Waals surface area contributed by atoms with Crippen molar-refractivity contribution in [2.24, 2.45) is 5.92 Å². The number of esters is 1. The average molecular weight is 382 g/mol. The molecule has 0 aromatic carbocycles. The SMILES string of the molecule is CC[C@H](C)[C@H](NC(=O)c1cc(COc2cncc(Cl)c2)on1)C(=O)OC. The lowest BCUT2D eigenvalue weighted by Crippen LogP contribution is -2.45. The van der Waals surface area contributed by atoms with Gasteiger partial charge in [-0.15, -0.1) is 0 Å². The Bertz CT molecular complexity index is 764. The zero-order chi connectivity index (χ0) is 19.1. The van der Waals surface area contributed by atoms with Gasteiger partial charge in [0.15, 0.2) is 11.5 Å². The number of aromatic nitrogens is 2. The van der Waals surface area contributed by atoms with Gasteiger partial charge >= 0.3 is 5.97 Å². The molecule has 0 fully saturated rings. The van der Waals surface area contributed by atoms with Crippen molar-refractivity contribution in [2.75, 3.05) is 7.11 Å². The summed E-state index contributed by atoms with van der Waals surface area (Å²) in [4.78, 5) is 28.1. The first kappa shape index (κ1) is 19.7. The van der Waals surface area contributed by atoms with Crippen LogP contribution in [0.2, 0.25) is 5.02 Å². The highest BCUT2D eigenvalue weighted by Gasteiger charge is 2.28. The highest BCUT2D eigenvalue weighted by Crippen LogP contribution is 2.17. The molecule has 0 aliphatic rings. The van der Waals surface area contributed by atoms with Gasteiger partial charge in [-0.2, -0.15) is 0 Å². The van der Waals surface area contributed by atoms with Crippen molar-refractivity contribution < 1.29 is 23.6 Å². The van der Waals surface area contributed by atoms with Gasteiger partial charge in [0.1, 0.15) is 18.4 Å². The average Bonchev–Trinajstić information content (AvgIpc) is 3.12. The molecular weight excluding hydrogens is 362 g/mol. The first-order valence-electron chi connectivity index (χ1n) is 8.02. The number of rotatable bonds is 8. The molecule has 9 heteroatoms. The molecule has 0 saturated carbocycles. The zero-order valence-electron chi connectivity index (χ0n) is 14.7. The van der Waals surface area contributed by atoms with Crippen LogP contribution in [0.15, 0.2) is 29.0 Å². The lowest BCUT2D eigenvalue weighted by atomic mass is 9.99. The van der Waals surface area contributed by atoms with E-state index < -0.39 is 17.9 Å². The van der Waals surface area contributed by atoms with Crippen LogP contribution < -0.4 is 10.1 Å². The molecule has 140 valence electrons. The largest absolute Gasteiger partial charge is 0.484 e. The molecule has 0 spiro atoms. The first-order valence-corrected chi connectivity index (χ1v) is 8.40. The van der Waals surface area contributed by atoms with Crippen molar-refractivity contribution in [3.8, 4) is 5.75 Å². The number of nitrogens with one attached hydrogen (secondary N) is 1. The molecule has 2 rings (SSSR count). The summed E-state index contributed by atoms with van der Waals surface area (Å²) in [5.74, 6) is -0.319. The van der Waals surface area contributed by atoms with E-state index in [4.69, 9.17) is 25.6 Å². The molecule has 2 heterocycles. The van der Waals surface area contributed by atoms with E-state index in [2.05, 4.69) is 15.5 Å². The fourth-order valence-electron chi connectivity index (χ4n) is 2.13. The van der Waals surface area contributed by atoms with Crippen LogP contribution in [-0.2, 0) is 16.1 Å². The van der Waals surface area contributed by atoms with Crippen LogP contribution >= 0.6 is 11.6 Å². The molecular formula is C17H20ClN3O5. The van der Waals surface area contributed by atoms with Crippen molar-refractivity contribution >= 4 is 23.5 Å². The van der Waals surface area contributed by atoms with Gasteiger partial charge in [0.25, 0.3) is 5.91 Å². The van der Waals surface area contributed by atoms with Crippen molar-refractivity contribution in [1.29, 1.82) is 0 Å². The number of ether oxygens (including phenoxy) is 2. The topological polar surface area (TPSA) is 104 Å². The van der Waals surface area contributed by atoms with E-state index in [1.807, 2.05) is 13.8 Å². The number of carbonyl (C=O) groups is 2. The summed E-state index contributed by atoms with van der Waals surface area (Å²) in [5.41, 5.74) is 0.0463. The van der Waals surface area contributed by atoms with Crippen molar-refractivity contribution in [3.05, 3.63) is 41.0 Å². The number of methoxy groups -OCH3 is 1. The minimum Gasteiger partial charge on any atom is -0.484 e. The van der Waals surface area contributed by atoms with Gasteiger partial charge in [-0.1, -0.05) is 37.0 Å². The van der Waals surface area contributed by atoms with Crippen molar-refractivity contribution in [1.82, 2.24) is 15.5 Å². The molecule has 1 amide bonds. The van der Waals surface area contributed by atoms with Gasteiger partial charge in [-0.05, 0) is 5.92 Å². The number of nitrogens with zero attached hydrogens (tertiary/aromatic N) is 2. The summed E-state index contributed by atoms with van der Waals surface area (Å²) in [7, 11) is 1.28. The lowest BCUT2D eigenvalue weighted by Gasteiger charge is -2.21. The minimum atomic E-state index is -0.758. The maximum Gasteiger partial charge on any atom is 0.328 e. The molecule has 26 heavy (non-hydrogen) atoms. The number of pyridine rings is 1. The molecule has 0 saturated heterocycles. The Labute approximate surface area is 155 Å². The number of halogens is 1. The monoisotopic (exact) mass is 381 g/mol. The highest BCUT2D eigenvalue weighted by atomic mass is 35.5. The summed E-state index contributed by atoms with van der Waals surface area (Å²) in [5, 5.41) is 6.78. The standard InChI is InChI=1S/C17H20ClN3O5/c1-4-10(2)15(17(23)24-3)20-16(22)14-6-13(26-21-14)9-25-12-5-11(18)7-19-8-12/h5-8,10,15H,4,9H2,1-3H3,(H,20,22)/t10-,15-/m0/s1. The predicted molar refractivity (Wildman–Crippen MR) is 92.8 cm³/mol. The molecule has 0 aliphatic carbocycles. The third kappa shape index (κ3) is 5.19. The summed E-state index contributed by atoms with van der Waals surface area (Å²) >= 11 is 5.83. The Hall–Kier alpha value is -2.61. The van der Waals surface area contributed by atoms with Crippen LogP contribution in [0.5, 0.6) is 5.75 Å². The molecule has 8 nitrogen and oxygen atoms in total. The lowest BCUT2D eigenvalue weighted by molar-refractivity contribution is -0.144. The van der Waals surface area contributed by atoms with Gasteiger partial charge in [0.2, 0.25) is 0 Å². The third-order valence-corrected chi connectivity index (χ3v) is 4.01. The summed E-state index contributed by atoms with van der Waals surface area (Å²) in [6.45, 7) is 3.82. The maximum absolute atomic E-state index is 12.3. The Balaban J connectivity index is 1.99. The van der Waals surface area contributed by atoms with Gasteiger partial charge in [-0.25, -0.2) is 4.79 Å². The fraction of sp³-hybridized carbons (Fsp3) is 0.412. The Morgan fingerprint density at radius 3 is 2.77 bits per heavy atom. The van der Waals surface area contributed by atoms with Crippen LogP contribution in [0.3, 0.4) is 0 Å². The van der Waals surface area contributed by atoms with Gasteiger partial charge in [0.05, 0.1) is 18.3 Å². The third-order valence-electron chi connectivity index (χ3n) is 3.81. The Morgan fingerprint density at radius 1 is 1.35 bits per heavy atom. The Morgan fingerprint density at radius 2 is 2.12 bits per heavy atom. The van der Waals surface area contributed by atoms with Gasteiger partial charge in [-0.3, -0.25) is 9.78 Å². The number of hydrogen-bond acceptors (Lipinski definition) is 7. The van der Waals surface area contributed by atoms with Crippen LogP contribution in [-0.4, -0.2) is 35.2 Å². The second-order valence-corrected chi connectivity index (χ2v) is 6.10. The highest BCUT2D eigenvalue weighted by molar-refractivity contribution is 6.30. The molecule has 0 radical (unpaired) electrons. The van der Waals surface area contributed by atoms with Crippen LogP contribution in [0.4, 0.5) is 0 Å².